The van der Waals surface area contributed by atoms with Gasteiger partial charge >= 0.3 is 0 Å². The number of fused-ring (bicyclic) bond motifs is 1. The van der Waals surface area contributed by atoms with E-state index in [0.717, 1.165) is 29.3 Å². The van der Waals surface area contributed by atoms with Crippen molar-refractivity contribution in [2.75, 3.05) is 0 Å². The lowest BCUT2D eigenvalue weighted by Crippen LogP contribution is -1.97. The van der Waals surface area contributed by atoms with E-state index in [1.165, 1.54) is 0 Å². The molecule has 3 heterocycles. The van der Waals surface area contributed by atoms with Crippen LogP contribution in [0.2, 0.25) is 0 Å². The molecular formula is C12H10BrN3O. The van der Waals surface area contributed by atoms with Crippen molar-refractivity contribution in [3.05, 3.63) is 35.1 Å². The molecule has 3 rings (SSSR count). The summed E-state index contributed by atoms with van der Waals surface area (Å²) >= 11 is 3.30. The molecule has 0 fully saturated rings. The van der Waals surface area contributed by atoms with Crippen molar-refractivity contribution < 1.29 is 4.42 Å². The quantitative estimate of drug-likeness (QED) is 0.726. The maximum absolute atomic E-state index is 5.55. The highest BCUT2D eigenvalue weighted by atomic mass is 79.9. The topological polar surface area (TPSA) is 43.9 Å². The van der Waals surface area contributed by atoms with Crippen molar-refractivity contribution in [1.29, 1.82) is 0 Å². The zero-order valence-corrected chi connectivity index (χ0v) is 10.8. The van der Waals surface area contributed by atoms with Gasteiger partial charge in [0.2, 0.25) is 0 Å². The molecule has 0 amide bonds. The molecule has 0 spiro atoms. The molecule has 0 aromatic carbocycles. The molecule has 5 heteroatoms. The molecular weight excluding hydrogens is 282 g/mol. The highest BCUT2D eigenvalue weighted by Crippen LogP contribution is 2.27. The zero-order chi connectivity index (χ0) is 11.8. The standard InChI is InChI=1S/C12H10BrN3O/c1-2-16-11-8(4-3-7-14-11)15-12(16)9-5-6-10(13)17-9/h3-7H,2H2,1H3. The van der Waals surface area contributed by atoms with Crippen LogP contribution in [0.4, 0.5) is 0 Å². The first kappa shape index (κ1) is 10.5. The van der Waals surface area contributed by atoms with E-state index in [9.17, 15) is 0 Å². The molecule has 0 saturated carbocycles. The second-order valence-corrected chi connectivity index (χ2v) is 4.41. The van der Waals surface area contributed by atoms with Crippen molar-refractivity contribution in [2.24, 2.45) is 0 Å². The third-order valence-electron chi connectivity index (χ3n) is 2.61. The summed E-state index contributed by atoms with van der Waals surface area (Å²) in [4.78, 5) is 8.90. The van der Waals surface area contributed by atoms with E-state index in [2.05, 4.69) is 32.8 Å². The van der Waals surface area contributed by atoms with E-state index in [1.54, 1.807) is 6.20 Å². The van der Waals surface area contributed by atoms with E-state index in [4.69, 9.17) is 4.42 Å². The number of nitrogens with zero attached hydrogens (tertiary/aromatic N) is 3. The molecule has 0 aliphatic carbocycles. The van der Waals surface area contributed by atoms with Gasteiger partial charge in [0, 0.05) is 12.7 Å². The van der Waals surface area contributed by atoms with E-state index in [1.807, 2.05) is 28.8 Å². The van der Waals surface area contributed by atoms with Crippen LogP contribution in [0.1, 0.15) is 6.92 Å². The van der Waals surface area contributed by atoms with Crippen LogP contribution in [-0.4, -0.2) is 14.5 Å². The molecule has 4 nitrogen and oxygen atoms in total. The van der Waals surface area contributed by atoms with Crippen molar-refractivity contribution >= 4 is 27.1 Å². The fourth-order valence-corrected chi connectivity index (χ4v) is 2.19. The second kappa shape index (κ2) is 4.00. The predicted molar refractivity (Wildman–Crippen MR) is 68.6 cm³/mol. The largest absolute Gasteiger partial charge is 0.446 e. The zero-order valence-electron chi connectivity index (χ0n) is 9.22. The van der Waals surface area contributed by atoms with Crippen LogP contribution in [0, 0.1) is 0 Å². The van der Waals surface area contributed by atoms with E-state index >= 15 is 0 Å². The molecule has 3 aromatic rings. The van der Waals surface area contributed by atoms with Gasteiger partial charge in [-0.1, -0.05) is 0 Å². The van der Waals surface area contributed by atoms with E-state index in [-0.39, 0.29) is 0 Å². The molecule has 0 radical (unpaired) electrons. The predicted octanol–water partition coefficient (Wildman–Crippen LogP) is 3.47. The van der Waals surface area contributed by atoms with Crippen LogP contribution in [0.15, 0.2) is 39.5 Å². The summed E-state index contributed by atoms with van der Waals surface area (Å²) in [6, 6.07) is 7.60. The molecule has 3 aromatic heterocycles. The third-order valence-corrected chi connectivity index (χ3v) is 3.04. The second-order valence-electron chi connectivity index (χ2n) is 3.63. The van der Waals surface area contributed by atoms with Gasteiger partial charge in [0.05, 0.1) is 0 Å². The van der Waals surface area contributed by atoms with Gasteiger partial charge in [0.25, 0.3) is 0 Å². The van der Waals surface area contributed by atoms with Gasteiger partial charge in [-0.3, -0.25) is 0 Å². The summed E-state index contributed by atoms with van der Waals surface area (Å²) in [6.07, 6.45) is 1.78. The molecule has 0 saturated heterocycles. The molecule has 17 heavy (non-hydrogen) atoms. The molecule has 0 atom stereocenters. The highest BCUT2D eigenvalue weighted by molar-refractivity contribution is 9.10. The Balaban J connectivity index is 2.29. The number of rotatable bonds is 2. The number of furan rings is 1. The number of aromatic nitrogens is 3. The van der Waals surface area contributed by atoms with Crippen LogP contribution in [0.5, 0.6) is 0 Å². The Morgan fingerprint density at radius 1 is 1.35 bits per heavy atom. The lowest BCUT2D eigenvalue weighted by atomic mass is 10.4. The maximum Gasteiger partial charge on any atom is 0.178 e. The van der Waals surface area contributed by atoms with Crippen LogP contribution in [0.3, 0.4) is 0 Å². The van der Waals surface area contributed by atoms with Gasteiger partial charge in [0.15, 0.2) is 21.9 Å². The van der Waals surface area contributed by atoms with Crippen LogP contribution < -0.4 is 0 Å². The summed E-state index contributed by atoms with van der Waals surface area (Å²) in [5.41, 5.74) is 1.77. The summed E-state index contributed by atoms with van der Waals surface area (Å²) in [5, 5.41) is 0. The van der Waals surface area contributed by atoms with Gasteiger partial charge < -0.3 is 8.98 Å². The minimum absolute atomic E-state index is 0.704. The maximum atomic E-state index is 5.55. The third kappa shape index (κ3) is 1.67. The molecule has 0 N–H and O–H groups in total. The smallest absolute Gasteiger partial charge is 0.178 e. The first-order chi connectivity index (χ1) is 8.29. The normalized spacial score (nSPS) is 11.2. The van der Waals surface area contributed by atoms with Crippen molar-refractivity contribution in [2.45, 2.75) is 13.5 Å². The Morgan fingerprint density at radius 3 is 2.94 bits per heavy atom. The fraction of sp³-hybridized carbons (Fsp3) is 0.167. The number of hydrogen-bond donors (Lipinski definition) is 0. The minimum atomic E-state index is 0.704. The fourth-order valence-electron chi connectivity index (χ4n) is 1.88. The molecule has 0 aliphatic heterocycles. The van der Waals surface area contributed by atoms with Crippen LogP contribution in [-0.2, 0) is 6.54 Å². The summed E-state index contributed by atoms with van der Waals surface area (Å²) in [5.74, 6) is 1.56. The molecule has 0 aliphatic rings. The Labute approximate surface area is 106 Å². The molecule has 86 valence electrons. The van der Waals surface area contributed by atoms with Crippen molar-refractivity contribution in [3.8, 4) is 11.6 Å². The number of halogens is 1. The van der Waals surface area contributed by atoms with Crippen molar-refractivity contribution in [1.82, 2.24) is 14.5 Å². The van der Waals surface area contributed by atoms with E-state index < -0.39 is 0 Å². The first-order valence-electron chi connectivity index (χ1n) is 5.36. The Kier molecular flexibility index (Phi) is 2.48. The molecule has 0 unspecified atom stereocenters. The average Bonchev–Trinajstić information content (AvgIpc) is 2.91. The SMILES string of the molecule is CCn1c(-c2ccc(Br)o2)nc2cccnc21. The van der Waals surface area contributed by atoms with Gasteiger partial charge in [0.1, 0.15) is 5.52 Å². The van der Waals surface area contributed by atoms with Gasteiger partial charge in [-0.25, -0.2) is 9.97 Å². The number of hydrogen-bond acceptors (Lipinski definition) is 3. The summed E-state index contributed by atoms with van der Waals surface area (Å²) in [6.45, 7) is 2.87. The van der Waals surface area contributed by atoms with Crippen LogP contribution in [0.25, 0.3) is 22.7 Å². The van der Waals surface area contributed by atoms with Crippen LogP contribution >= 0.6 is 15.9 Å². The van der Waals surface area contributed by atoms with Gasteiger partial charge in [-0.15, -0.1) is 0 Å². The lowest BCUT2D eigenvalue weighted by Gasteiger charge is -2.01. The Morgan fingerprint density at radius 2 is 2.24 bits per heavy atom. The lowest BCUT2D eigenvalue weighted by molar-refractivity contribution is 0.546. The summed E-state index contributed by atoms with van der Waals surface area (Å²) < 4.78 is 8.29. The monoisotopic (exact) mass is 291 g/mol. The molecule has 0 bridgehead atoms. The highest BCUT2D eigenvalue weighted by Gasteiger charge is 2.14. The van der Waals surface area contributed by atoms with Crippen molar-refractivity contribution in [3.63, 3.8) is 0 Å². The number of imidazole rings is 1. The first-order valence-corrected chi connectivity index (χ1v) is 6.16. The van der Waals surface area contributed by atoms with E-state index in [0.29, 0.717) is 4.67 Å². The number of pyridine rings is 1. The average molecular weight is 292 g/mol. The minimum Gasteiger partial charge on any atom is -0.446 e. The van der Waals surface area contributed by atoms with Gasteiger partial charge in [-0.05, 0) is 47.1 Å². The Hall–Kier alpha value is -1.62. The Bertz CT molecular complexity index is 671. The van der Waals surface area contributed by atoms with Gasteiger partial charge in [-0.2, -0.15) is 0 Å². The summed E-state index contributed by atoms with van der Waals surface area (Å²) in [7, 11) is 0. The number of aryl methyl sites for hydroxylation is 1.